The van der Waals surface area contributed by atoms with E-state index >= 15 is 0 Å². The van der Waals surface area contributed by atoms with Crippen LogP contribution in [0.2, 0.25) is 0 Å². The second-order valence-corrected chi connectivity index (χ2v) is 5.64. The second-order valence-electron chi connectivity index (χ2n) is 5.64. The van der Waals surface area contributed by atoms with Gasteiger partial charge >= 0.3 is 0 Å². The van der Waals surface area contributed by atoms with E-state index in [2.05, 4.69) is 25.8 Å². The van der Waals surface area contributed by atoms with Crippen molar-refractivity contribution >= 4 is 0 Å². The predicted octanol–water partition coefficient (Wildman–Crippen LogP) is 2.91. The molecule has 1 nitrogen and oxygen atoms in total. The third-order valence-corrected chi connectivity index (χ3v) is 4.34. The first-order valence-corrected chi connectivity index (χ1v) is 5.82. The van der Waals surface area contributed by atoms with E-state index in [4.69, 9.17) is 0 Å². The van der Waals surface area contributed by atoms with Crippen LogP contribution in [0.15, 0.2) is 0 Å². The monoisotopic (exact) mass is 181 g/mol. The Labute approximate surface area is 82.5 Å². The van der Waals surface area contributed by atoms with Crippen molar-refractivity contribution < 1.29 is 0 Å². The summed E-state index contributed by atoms with van der Waals surface area (Å²) in [6.07, 6.45) is 7.23. The Hall–Kier alpha value is -0.0400. The van der Waals surface area contributed by atoms with E-state index in [1.54, 1.807) is 0 Å². The van der Waals surface area contributed by atoms with Crippen LogP contribution in [0.3, 0.4) is 0 Å². The lowest BCUT2D eigenvalue weighted by atomic mass is 9.64. The average molecular weight is 181 g/mol. The minimum atomic E-state index is 0.644. The van der Waals surface area contributed by atoms with Gasteiger partial charge in [-0.2, -0.15) is 0 Å². The standard InChI is InChI=1S/C12H23N/c1-10-5-6-11-12(2,9-10)7-4-8-13(11)3/h10-11H,4-9H2,1-3H3/t10-,11+,12-/m1/s1. The van der Waals surface area contributed by atoms with Gasteiger partial charge < -0.3 is 4.90 Å². The van der Waals surface area contributed by atoms with E-state index in [9.17, 15) is 0 Å². The average Bonchev–Trinajstić information content (AvgIpc) is 2.02. The molecule has 0 aromatic carbocycles. The number of fused-ring (bicyclic) bond motifs is 1. The van der Waals surface area contributed by atoms with E-state index in [1.807, 2.05) is 0 Å². The first-order chi connectivity index (χ1) is 6.12. The SMILES string of the molecule is C[C@@H]1CC[C@@H]2N(C)CCC[C@]2(C)C1. The Balaban J connectivity index is 2.13. The summed E-state index contributed by atoms with van der Waals surface area (Å²) in [4.78, 5) is 2.61. The Morgan fingerprint density at radius 3 is 2.85 bits per heavy atom. The quantitative estimate of drug-likeness (QED) is 0.555. The molecule has 1 saturated heterocycles. The lowest BCUT2D eigenvalue weighted by Crippen LogP contribution is -2.51. The van der Waals surface area contributed by atoms with E-state index in [0.717, 1.165) is 12.0 Å². The van der Waals surface area contributed by atoms with Crippen LogP contribution in [0.4, 0.5) is 0 Å². The Kier molecular flexibility index (Phi) is 2.39. The van der Waals surface area contributed by atoms with Crippen LogP contribution in [-0.2, 0) is 0 Å². The molecule has 1 heteroatoms. The summed E-state index contributed by atoms with van der Waals surface area (Å²) in [5.41, 5.74) is 0.644. The van der Waals surface area contributed by atoms with Crippen molar-refractivity contribution in [2.75, 3.05) is 13.6 Å². The van der Waals surface area contributed by atoms with Crippen molar-refractivity contribution in [1.82, 2.24) is 4.90 Å². The minimum absolute atomic E-state index is 0.644. The van der Waals surface area contributed by atoms with E-state index in [-0.39, 0.29) is 0 Å². The van der Waals surface area contributed by atoms with Crippen molar-refractivity contribution in [2.24, 2.45) is 11.3 Å². The maximum absolute atomic E-state index is 2.61. The normalized spacial score (nSPS) is 47.3. The van der Waals surface area contributed by atoms with Gasteiger partial charge in [0, 0.05) is 6.04 Å². The van der Waals surface area contributed by atoms with Gasteiger partial charge in [0.05, 0.1) is 0 Å². The summed E-state index contributed by atoms with van der Waals surface area (Å²) >= 11 is 0. The molecule has 0 unspecified atom stereocenters. The van der Waals surface area contributed by atoms with Crippen molar-refractivity contribution in [3.05, 3.63) is 0 Å². The molecule has 1 aliphatic heterocycles. The molecule has 0 radical (unpaired) electrons. The summed E-state index contributed by atoms with van der Waals surface area (Å²) in [6.45, 7) is 6.27. The highest BCUT2D eigenvalue weighted by Crippen LogP contribution is 2.46. The maximum atomic E-state index is 2.61. The highest BCUT2D eigenvalue weighted by Gasteiger charge is 2.42. The molecule has 3 atom stereocenters. The van der Waals surface area contributed by atoms with Crippen molar-refractivity contribution in [1.29, 1.82) is 0 Å². The van der Waals surface area contributed by atoms with Gasteiger partial charge in [0.1, 0.15) is 0 Å². The lowest BCUT2D eigenvalue weighted by Gasteiger charge is -2.51. The molecule has 0 spiro atoms. The third kappa shape index (κ3) is 1.63. The summed E-state index contributed by atoms with van der Waals surface area (Å²) in [5, 5.41) is 0. The van der Waals surface area contributed by atoms with Gasteiger partial charge in [-0.05, 0) is 57.0 Å². The zero-order valence-corrected chi connectivity index (χ0v) is 9.34. The van der Waals surface area contributed by atoms with Crippen LogP contribution in [0.25, 0.3) is 0 Å². The number of piperidine rings is 1. The molecular weight excluding hydrogens is 158 g/mol. The summed E-state index contributed by atoms with van der Waals surface area (Å²) in [7, 11) is 2.32. The van der Waals surface area contributed by atoms with Crippen LogP contribution in [0.5, 0.6) is 0 Å². The molecule has 1 aliphatic carbocycles. The van der Waals surface area contributed by atoms with E-state index in [1.165, 1.54) is 38.6 Å². The summed E-state index contributed by atoms with van der Waals surface area (Å²) in [5.74, 6) is 0.966. The van der Waals surface area contributed by atoms with Crippen molar-refractivity contribution in [2.45, 2.75) is 52.0 Å². The Morgan fingerprint density at radius 1 is 1.31 bits per heavy atom. The Bertz CT molecular complexity index is 190. The molecule has 0 amide bonds. The number of nitrogens with zero attached hydrogens (tertiary/aromatic N) is 1. The third-order valence-electron chi connectivity index (χ3n) is 4.34. The zero-order valence-electron chi connectivity index (χ0n) is 9.34. The predicted molar refractivity (Wildman–Crippen MR) is 56.8 cm³/mol. The molecule has 2 fully saturated rings. The van der Waals surface area contributed by atoms with E-state index in [0.29, 0.717) is 5.41 Å². The van der Waals surface area contributed by atoms with E-state index < -0.39 is 0 Å². The molecule has 13 heavy (non-hydrogen) atoms. The van der Waals surface area contributed by atoms with Gasteiger partial charge in [0.25, 0.3) is 0 Å². The summed E-state index contributed by atoms with van der Waals surface area (Å²) in [6, 6.07) is 0.887. The molecule has 0 aromatic heterocycles. The van der Waals surface area contributed by atoms with Crippen LogP contribution in [0.1, 0.15) is 46.0 Å². The summed E-state index contributed by atoms with van der Waals surface area (Å²) < 4.78 is 0. The van der Waals surface area contributed by atoms with Crippen molar-refractivity contribution in [3.8, 4) is 0 Å². The molecule has 76 valence electrons. The van der Waals surface area contributed by atoms with Gasteiger partial charge in [-0.1, -0.05) is 13.8 Å². The molecule has 2 rings (SSSR count). The number of rotatable bonds is 0. The molecular formula is C12H23N. The maximum Gasteiger partial charge on any atom is 0.0146 e. The van der Waals surface area contributed by atoms with Crippen molar-refractivity contribution in [3.63, 3.8) is 0 Å². The highest BCUT2D eigenvalue weighted by molar-refractivity contribution is 4.96. The first kappa shape index (κ1) is 9.51. The van der Waals surface area contributed by atoms with Crippen LogP contribution < -0.4 is 0 Å². The molecule has 0 bridgehead atoms. The van der Waals surface area contributed by atoms with Crippen LogP contribution >= 0.6 is 0 Å². The molecule has 0 aromatic rings. The number of likely N-dealkylation sites (tertiary alicyclic amines) is 1. The number of hydrogen-bond donors (Lipinski definition) is 0. The van der Waals surface area contributed by atoms with Crippen LogP contribution in [-0.4, -0.2) is 24.5 Å². The molecule has 1 heterocycles. The molecule has 2 aliphatic rings. The Morgan fingerprint density at radius 2 is 2.08 bits per heavy atom. The topological polar surface area (TPSA) is 3.24 Å². The van der Waals surface area contributed by atoms with Gasteiger partial charge in [-0.15, -0.1) is 0 Å². The smallest absolute Gasteiger partial charge is 0.0146 e. The van der Waals surface area contributed by atoms with Crippen LogP contribution in [0, 0.1) is 11.3 Å². The van der Waals surface area contributed by atoms with Gasteiger partial charge in [-0.3, -0.25) is 0 Å². The zero-order chi connectivity index (χ0) is 9.47. The highest BCUT2D eigenvalue weighted by atomic mass is 15.1. The van der Waals surface area contributed by atoms with Gasteiger partial charge in [0.2, 0.25) is 0 Å². The fraction of sp³-hybridized carbons (Fsp3) is 1.00. The molecule has 1 saturated carbocycles. The first-order valence-electron chi connectivity index (χ1n) is 5.82. The molecule has 0 N–H and O–H groups in total. The fourth-order valence-electron chi connectivity index (χ4n) is 3.73. The second kappa shape index (κ2) is 3.27. The minimum Gasteiger partial charge on any atom is -0.303 e. The fourth-order valence-corrected chi connectivity index (χ4v) is 3.73. The van der Waals surface area contributed by atoms with Gasteiger partial charge in [0.15, 0.2) is 0 Å². The van der Waals surface area contributed by atoms with Gasteiger partial charge in [-0.25, -0.2) is 0 Å². The lowest BCUT2D eigenvalue weighted by molar-refractivity contribution is -0.00774. The number of hydrogen-bond acceptors (Lipinski definition) is 1. The largest absolute Gasteiger partial charge is 0.303 e.